The van der Waals surface area contributed by atoms with E-state index in [2.05, 4.69) is 51.8 Å². The van der Waals surface area contributed by atoms with Gasteiger partial charge in [0.1, 0.15) is 0 Å². The van der Waals surface area contributed by atoms with Gasteiger partial charge in [-0.05, 0) is 40.9 Å². The average Bonchev–Trinajstić information content (AvgIpc) is 2.64. The number of alkyl halides is 1. The average molecular weight is 382 g/mol. The van der Waals surface area contributed by atoms with E-state index in [4.69, 9.17) is 0 Å². The Morgan fingerprint density at radius 3 is 2.41 bits per heavy atom. The van der Waals surface area contributed by atoms with Gasteiger partial charge in [0, 0.05) is 9.70 Å². The summed E-state index contributed by atoms with van der Waals surface area (Å²) in [5.74, 6) is 0. The number of thiophene rings is 1. The van der Waals surface area contributed by atoms with E-state index in [1.807, 2.05) is 11.3 Å². The lowest BCUT2D eigenvalue weighted by Gasteiger charge is -2.07. The highest BCUT2D eigenvalue weighted by molar-refractivity contribution is 9.11. The van der Waals surface area contributed by atoms with Crippen LogP contribution in [0.3, 0.4) is 0 Å². The monoisotopic (exact) mass is 380 g/mol. The first kappa shape index (κ1) is 15.7. The molecule has 0 aromatic carbocycles. The molecule has 1 aromatic rings. The van der Waals surface area contributed by atoms with Crippen molar-refractivity contribution in [1.82, 2.24) is 0 Å². The molecule has 1 atom stereocenters. The molecule has 1 rings (SSSR count). The molecule has 1 unspecified atom stereocenters. The normalized spacial score (nSPS) is 12.9. The molecule has 1 heterocycles. The zero-order valence-electron chi connectivity index (χ0n) is 10.8. The Kier molecular flexibility index (Phi) is 8.05. The van der Waals surface area contributed by atoms with Gasteiger partial charge in [-0.2, -0.15) is 0 Å². The van der Waals surface area contributed by atoms with Crippen molar-refractivity contribution in [2.75, 3.05) is 0 Å². The molecule has 0 saturated heterocycles. The smallest absolute Gasteiger partial charge is 0.0730 e. The van der Waals surface area contributed by atoms with Crippen LogP contribution in [0.4, 0.5) is 0 Å². The van der Waals surface area contributed by atoms with Gasteiger partial charge in [-0.3, -0.25) is 0 Å². The highest BCUT2D eigenvalue weighted by Gasteiger charge is 2.11. The second-order valence-corrected chi connectivity index (χ2v) is 8.14. The third-order valence-electron chi connectivity index (χ3n) is 3.00. The Labute approximate surface area is 126 Å². The molecule has 17 heavy (non-hydrogen) atoms. The predicted molar refractivity (Wildman–Crippen MR) is 86.4 cm³/mol. The summed E-state index contributed by atoms with van der Waals surface area (Å²) >= 11 is 9.26. The molecule has 0 aliphatic carbocycles. The fourth-order valence-electron chi connectivity index (χ4n) is 1.88. The number of hydrogen-bond acceptors (Lipinski definition) is 1. The molecule has 0 spiro atoms. The van der Waals surface area contributed by atoms with E-state index in [-0.39, 0.29) is 0 Å². The lowest BCUT2D eigenvalue weighted by Crippen LogP contribution is -1.87. The van der Waals surface area contributed by atoms with Crippen LogP contribution in [-0.4, -0.2) is 0 Å². The first-order chi connectivity index (χ1) is 8.15. The van der Waals surface area contributed by atoms with E-state index in [1.165, 1.54) is 59.2 Å². The van der Waals surface area contributed by atoms with Gasteiger partial charge < -0.3 is 0 Å². The minimum Gasteiger partial charge on any atom is -0.132 e. The molecule has 0 bridgehead atoms. The number of unbranched alkanes of at least 4 members (excludes halogenated alkanes) is 5. The second-order valence-electron chi connectivity index (χ2n) is 4.63. The standard InChI is InChI=1S/C14H22Br2S/c1-3-4-5-6-7-8-9-12(15)13-10-11(2)14(16)17-13/h10,12H,3-9H2,1-2H3. The molecular weight excluding hydrogens is 360 g/mol. The quantitative estimate of drug-likeness (QED) is 0.335. The zero-order valence-corrected chi connectivity index (χ0v) is 14.8. The molecule has 0 saturated carbocycles. The van der Waals surface area contributed by atoms with Crippen LogP contribution in [0, 0.1) is 6.92 Å². The number of aryl methyl sites for hydroxylation is 1. The summed E-state index contributed by atoms with van der Waals surface area (Å²) in [7, 11) is 0. The summed E-state index contributed by atoms with van der Waals surface area (Å²) < 4.78 is 1.28. The lowest BCUT2D eigenvalue weighted by molar-refractivity contribution is 0.589. The van der Waals surface area contributed by atoms with E-state index in [0.29, 0.717) is 4.83 Å². The number of rotatable bonds is 8. The van der Waals surface area contributed by atoms with Crippen LogP contribution < -0.4 is 0 Å². The Morgan fingerprint density at radius 2 is 1.82 bits per heavy atom. The van der Waals surface area contributed by atoms with Crippen LogP contribution in [0.15, 0.2) is 9.85 Å². The largest absolute Gasteiger partial charge is 0.132 e. The predicted octanol–water partition coefficient (Wildman–Crippen LogP) is 7.01. The van der Waals surface area contributed by atoms with E-state index in [9.17, 15) is 0 Å². The second kappa shape index (κ2) is 8.71. The molecular formula is C14H22Br2S. The maximum atomic E-state index is 3.81. The molecule has 0 aliphatic heterocycles. The van der Waals surface area contributed by atoms with Crippen LogP contribution in [0.25, 0.3) is 0 Å². The summed E-state index contributed by atoms with van der Waals surface area (Å²) in [6.45, 7) is 4.43. The van der Waals surface area contributed by atoms with Crippen molar-refractivity contribution in [2.24, 2.45) is 0 Å². The van der Waals surface area contributed by atoms with Crippen LogP contribution in [0.1, 0.15) is 67.1 Å². The van der Waals surface area contributed by atoms with Crippen LogP contribution in [-0.2, 0) is 0 Å². The van der Waals surface area contributed by atoms with Gasteiger partial charge in [0.15, 0.2) is 0 Å². The summed E-state index contributed by atoms with van der Waals surface area (Å²) in [5.41, 5.74) is 1.36. The first-order valence-corrected chi connectivity index (χ1v) is 9.07. The molecule has 0 fully saturated rings. The Morgan fingerprint density at radius 1 is 1.18 bits per heavy atom. The highest BCUT2D eigenvalue weighted by atomic mass is 79.9. The fourth-order valence-corrected chi connectivity index (χ4v) is 4.20. The van der Waals surface area contributed by atoms with Crippen molar-refractivity contribution in [1.29, 1.82) is 0 Å². The van der Waals surface area contributed by atoms with Crippen LogP contribution in [0.5, 0.6) is 0 Å². The van der Waals surface area contributed by atoms with Gasteiger partial charge >= 0.3 is 0 Å². The van der Waals surface area contributed by atoms with Crippen molar-refractivity contribution in [3.05, 3.63) is 20.3 Å². The summed E-state index contributed by atoms with van der Waals surface area (Å²) in [6.07, 6.45) is 9.53. The van der Waals surface area contributed by atoms with Gasteiger partial charge in [0.05, 0.1) is 3.79 Å². The van der Waals surface area contributed by atoms with Crippen molar-refractivity contribution < 1.29 is 0 Å². The maximum Gasteiger partial charge on any atom is 0.0730 e. The Balaban J connectivity index is 2.19. The summed E-state index contributed by atoms with van der Waals surface area (Å²) in [6, 6.07) is 2.30. The van der Waals surface area contributed by atoms with Gasteiger partial charge in [0.25, 0.3) is 0 Å². The lowest BCUT2D eigenvalue weighted by atomic mass is 10.1. The van der Waals surface area contributed by atoms with Crippen LogP contribution >= 0.6 is 43.2 Å². The van der Waals surface area contributed by atoms with E-state index in [1.54, 1.807) is 0 Å². The van der Waals surface area contributed by atoms with Gasteiger partial charge in [-0.15, -0.1) is 11.3 Å². The first-order valence-electron chi connectivity index (χ1n) is 6.55. The van der Waals surface area contributed by atoms with Crippen molar-refractivity contribution in [2.45, 2.75) is 63.6 Å². The summed E-state index contributed by atoms with van der Waals surface area (Å²) in [5, 5.41) is 0. The SMILES string of the molecule is CCCCCCCCC(Br)c1cc(C)c(Br)s1. The molecule has 0 aliphatic rings. The van der Waals surface area contributed by atoms with Crippen molar-refractivity contribution in [3.63, 3.8) is 0 Å². The number of hydrogen-bond donors (Lipinski definition) is 0. The third-order valence-corrected chi connectivity index (χ3v) is 6.50. The molecule has 0 N–H and O–H groups in total. The van der Waals surface area contributed by atoms with Crippen molar-refractivity contribution in [3.8, 4) is 0 Å². The topological polar surface area (TPSA) is 0 Å². The summed E-state index contributed by atoms with van der Waals surface area (Å²) in [4.78, 5) is 2.01. The highest BCUT2D eigenvalue weighted by Crippen LogP contribution is 2.37. The molecule has 3 heteroatoms. The molecule has 0 amide bonds. The molecule has 1 aromatic heterocycles. The van der Waals surface area contributed by atoms with E-state index < -0.39 is 0 Å². The maximum absolute atomic E-state index is 3.81. The van der Waals surface area contributed by atoms with E-state index >= 15 is 0 Å². The minimum atomic E-state index is 0.545. The Bertz CT molecular complexity index is 301. The minimum absolute atomic E-state index is 0.545. The third kappa shape index (κ3) is 5.89. The van der Waals surface area contributed by atoms with Crippen molar-refractivity contribution >= 4 is 43.2 Å². The van der Waals surface area contributed by atoms with Gasteiger partial charge in [0.2, 0.25) is 0 Å². The van der Waals surface area contributed by atoms with Gasteiger partial charge in [-0.25, -0.2) is 0 Å². The molecule has 0 radical (unpaired) electrons. The molecule has 0 nitrogen and oxygen atoms in total. The zero-order chi connectivity index (χ0) is 12.7. The van der Waals surface area contributed by atoms with E-state index in [0.717, 1.165) is 0 Å². The number of halogens is 2. The van der Waals surface area contributed by atoms with Gasteiger partial charge in [-0.1, -0.05) is 61.4 Å². The molecule has 98 valence electrons. The van der Waals surface area contributed by atoms with Crippen LogP contribution in [0.2, 0.25) is 0 Å². The fraction of sp³-hybridized carbons (Fsp3) is 0.714. The Hall–Kier alpha value is 0.660.